The van der Waals surface area contributed by atoms with Crippen LogP contribution in [-0.2, 0) is 0 Å². The van der Waals surface area contributed by atoms with Crippen molar-refractivity contribution in [3.05, 3.63) is 6.92 Å². The first-order valence-corrected chi connectivity index (χ1v) is 5.21. The van der Waals surface area contributed by atoms with E-state index in [0.717, 1.165) is 6.42 Å². The maximum Gasteiger partial charge on any atom is -0.0533 e. The van der Waals surface area contributed by atoms with Crippen LogP contribution >= 0.6 is 0 Å². The first kappa shape index (κ1) is 14.5. The molecule has 1 radical (unpaired) electrons. The van der Waals surface area contributed by atoms with Gasteiger partial charge in [-0.2, -0.15) is 0 Å². The highest BCUT2D eigenvalue weighted by molar-refractivity contribution is 4.46. The van der Waals surface area contributed by atoms with E-state index in [1.54, 1.807) is 0 Å². The van der Waals surface area contributed by atoms with Crippen LogP contribution in [-0.4, -0.2) is 0 Å². The molecule has 3 N–H and O–H groups in total. The summed E-state index contributed by atoms with van der Waals surface area (Å²) in [6.07, 6.45) is 12.4. The van der Waals surface area contributed by atoms with Gasteiger partial charge in [0.1, 0.15) is 0 Å². The fourth-order valence-corrected chi connectivity index (χ4v) is 1.31. The molecule has 0 saturated heterocycles. The van der Waals surface area contributed by atoms with Crippen molar-refractivity contribution in [3.8, 4) is 0 Å². The van der Waals surface area contributed by atoms with E-state index < -0.39 is 0 Å². The summed E-state index contributed by atoms with van der Waals surface area (Å²) in [4.78, 5) is 0. The van der Waals surface area contributed by atoms with Gasteiger partial charge in [-0.1, -0.05) is 71.6 Å². The molecule has 1 nitrogen and oxygen atoms in total. The lowest BCUT2D eigenvalue weighted by Gasteiger charge is -1.98. The third-order valence-corrected chi connectivity index (χ3v) is 2.10. The molecule has 0 bridgehead atoms. The van der Waals surface area contributed by atoms with Crippen LogP contribution in [0.3, 0.4) is 0 Å². The van der Waals surface area contributed by atoms with Crippen LogP contribution in [0.5, 0.6) is 0 Å². The zero-order valence-electron chi connectivity index (χ0n) is 8.78. The Balaban J connectivity index is 0. The van der Waals surface area contributed by atoms with Gasteiger partial charge in [-0.05, 0) is 0 Å². The number of rotatable bonds is 8. The largest absolute Gasteiger partial charge is 0.344 e. The Hall–Kier alpha value is -0.0400. The first-order chi connectivity index (χ1) is 5.41. The molecule has 0 atom stereocenters. The Morgan fingerprint density at radius 1 is 0.750 bits per heavy atom. The van der Waals surface area contributed by atoms with E-state index in [2.05, 4.69) is 13.8 Å². The van der Waals surface area contributed by atoms with Crippen molar-refractivity contribution in [2.75, 3.05) is 0 Å². The summed E-state index contributed by atoms with van der Waals surface area (Å²) < 4.78 is 0. The maximum atomic E-state index is 3.83. The molecule has 0 rings (SSSR count). The van der Waals surface area contributed by atoms with Crippen molar-refractivity contribution in [2.45, 2.75) is 64.7 Å². The first-order valence-electron chi connectivity index (χ1n) is 5.21. The van der Waals surface area contributed by atoms with Gasteiger partial charge in [-0.3, -0.25) is 0 Å². The smallest absolute Gasteiger partial charge is 0.0533 e. The monoisotopic (exact) mass is 172 g/mol. The molecule has 0 aliphatic rings. The van der Waals surface area contributed by atoms with Crippen molar-refractivity contribution in [1.29, 1.82) is 0 Å². The average Bonchev–Trinajstić information content (AvgIpc) is 2.03. The summed E-state index contributed by atoms with van der Waals surface area (Å²) >= 11 is 0. The third kappa shape index (κ3) is 12.6. The lowest BCUT2D eigenvalue weighted by atomic mass is 10.1. The van der Waals surface area contributed by atoms with Crippen molar-refractivity contribution in [1.82, 2.24) is 6.15 Å². The molecule has 0 saturated carbocycles. The topological polar surface area (TPSA) is 35.0 Å². The molecule has 0 aromatic rings. The molecule has 75 valence electrons. The second kappa shape index (κ2) is 13.5. The van der Waals surface area contributed by atoms with Gasteiger partial charge in [-0.25, -0.2) is 0 Å². The van der Waals surface area contributed by atoms with Crippen LogP contribution in [0.15, 0.2) is 0 Å². The zero-order valence-corrected chi connectivity index (χ0v) is 8.78. The van der Waals surface area contributed by atoms with E-state index in [1.807, 2.05) is 0 Å². The molecule has 0 aromatic heterocycles. The molecule has 0 aromatic carbocycles. The van der Waals surface area contributed by atoms with Crippen LogP contribution in [0.2, 0.25) is 0 Å². The van der Waals surface area contributed by atoms with Crippen molar-refractivity contribution >= 4 is 0 Å². The van der Waals surface area contributed by atoms with Gasteiger partial charge in [0.2, 0.25) is 0 Å². The highest BCUT2D eigenvalue weighted by Gasteiger charge is 1.88. The van der Waals surface area contributed by atoms with Gasteiger partial charge < -0.3 is 6.15 Å². The van der Waals surface area contributed by atoms with E-state index in [1.165, 1.54) is 51.4 Å². The quantitative estimate of drug-likeness (QED) is 0.537. The van der Waals surface area contributed by atoms with Gasteiger partial charge >= 0.3 is 0 Å². The predicted molar refractivity (Wildman–Crippen MR) is 57.6 cm³/mol. The fraction of sp³-hybridized carbons (Fsp3) is 0.909. The van der Waals surface area contributed by atoms with E-state index in [-0.39, 0.29) is 6.15 Å². The summed E-state index contributed by atoms with van der Waals surface area (Å²) in [7, 11) is 0. The molecule has 0 spiro atoms. The van der Waals surface area contributed by atoms with E-state index >= 15 is 0 Å². The highest BCUT2D eigenvalue weighted by Crippen LogP contribution is 2.08. The van der Waals surface area contributed by atoms with Crippen molar-refractivity contribution < 1.29 is 0 Å². The Morgan fingerprint density at radius 2 is 1.17 bits per heavy atom. The third-order valence-electron chi connectivity index (χ3n) is 2.10. The lowest BCUT2D eigenvalue weighted by molar-refractivity contribution is 0.577. The Bertz CT molecular complexity index is 54.0. The summed E-state index contributed by atoms with van der Waals surface area (Å²) in [5, 5.41) is 0. The number of hydrogen-bond donors (Lipinski definition) is 1. The summed E-state index contributed by atoms with van der Waals surface area (Å²) in [5.74, 6) is 0. The standard InChI is InChI=1S/C11H23.H3N/c1-3-5-7-9-11-10-8-6-4-2;/h1,3-11H2,2H3;1H3. The lowest BCUT2D eigenvalue weighted by Crippen LogP contribution is -1.79. The molecule has 0 aliphatic heterocycles. The van der Waals surface area contributed by atoms with E-state index in [4.69, 9.17) is 0 Å². The molecular formula is C11H26N. The van der Waals surface area contributed by atoms with E-state index in [0.29, 0.717) is 0 Å². The molecule has 0 amide bonds. The van der Waals surface area contributed by atoms with Gasteiger partial charge in [-0.15, -0.1) is 0 Å². The minimum absolute atomic E-state index is 0. The summed E-state index contributed by atoms with van der Waals surface area (Å²) in [6.45, 7) is 6.10. The SMILES string of the molecule is N.[CH2]CCCCCCCCCC. The fourth-order valence-electron chi connectivity index (χ4n) is 1.31. The Labute approximate surface area is 78.5 Å². The Morgan fingerprint density at radius 3 is 1.58 bits per heavy atom. The van der Waals surface area contributed by atoms with E-state index in [9.17, 15) is 0 Å². The summed E-state index contributed by atoms with van der Waals surface area (Å²) in [6, 6.07) is 0. The number of unbranched alkanes of at least 4 members (excludes halogenated alkanes) is 8. The molecule has 0 aliphatic carbocycles. The zero-order chi connectivity index (χ0) is 8.36. The second-order valence-corrected chi connectivity index (χ2v) is 3.33. The minimum atomic E-state index is 0. The second-order valence-electron chi connectivity index (χ2n) is 3.33. The maximum absolute atomic E-state index is 3.83. The normalized spacial score (nSPS) is 9.50. The molecule has 0 unspecified atom stereocenters. The van der Waals surface area contributed by atoms with Crippen molar-refractivity contribution in [3.63, 3.8) is 0 Å². The van der Waals surface area contributed by atoms with Crippen LogP contribution in [0.25, 0.3) is 0 Å². The van der Waals surface area contributed by atoms with Crippen LogP contribution in [0, 0.1) is 6.92 Å². The molecule has 0 fully saturated rings. The van der Waals surface area contributed by atoms with Gasteiger partial charge in [0.25, 0.3) is 0 Å². The van der Waals surface area contributed by atoms with Gasteiger partial charge in [0, 0.05) is 0 Å². The van der Waals surface area contributed by atoms with Crippen molar-refractivity contribution in [2.24, 2.45) is 0 Å². The highest BCUT2D eigenvalue weighted by atomic mass is 14.0. The average molecular weight is 172 g/mol. The van der Waals surface area contributed by atoms with Crippen LogP contribution in [0.1, 0.15) is 64.7 Å². The molecule has 0 heterocycles. The van der Waals surface area contributed by atoms with Crippen LogP contribution in [0.4, 0.5) is 0 Å². The molecule has 12 heavy (non-hydrogen) atoms. The van der Waals surface area contributed by atoms with Crippen LogP contribution < -0.4 is 6.15 Å². The Kier molecular flexibility index (Phi) is 16.3. The molecule has 1 heteroatoms. The minimum Gasteiger partial charge on any atom is -0.344 e. The number of hydrogen-bond acceptors (Lipinski definition) is 1. The van der Waals surface area contributed by atoms with Gasteiger partial charge in [0.05, 0.1) is 0 Å². The predicted octanol–water partition coefficient (Wildman–Crippen LogP) is 4.51. The summed E-state index contributed by atoms with van der Waals surface area (Å²) in [5.41, 5.74) is 0. The van der Waals surface area contributed by atoms with Gasteiger partial charge in [0.15, 0.2) is 0 Å². The molecular weight excluding hydrogens is 146 g/mol.